The standard InChI is InChI=1S/C11H15F3N2OS/c12-11(13,14)7-17-4-3-10-16-6-9(18-10)5-15-8-1-2-8/h6,8,15H,1-5,7H2. The Kier molecular flexibility index (Phi) is 4.58. The summed E-state index contributed by atoms with van der Waals surface area (Å²) in [6.07, 6.45) is 0.430. The molecule has 1 heterocycles. The molecule has 0 radical (unpaired) electrons. The SMILES string of the molecule is FC(F)(F)COCCc1ncc(CNC2CC2)s1. The van der Waals surface area contributed by atoms with Crippen molar-refractivity contribution in [3.05, 3.63) is 16.1 Å². The topological polar surface area (TPSA) is 34.1 Å². The maximum atomic E-state index is 11.8. The summed E-state index contributed by atoms with van der Waals surface area (Å²) in [6.45, 7) is -0.331. The van der Waals surface area contributed by atoms with Crippen LogP contribution in [0.2, 0.25) is 0 Å². The first-order valence-electron chi connectivity index (χ1n) is 5.84. The normalized spacial score (nSPS) is 16.2. The van der Waals surface area contributed by atoms with Crippen molar-refractivity contribution in [2.24, 2.45) is 0 Å². The average Bonchev–Trinajstić information content (AvgIpc) is 3.00. The molecule has 1 aromatic rings. The predicted octanol–water partition coefficient (Wildman–Crippen LogP) is 2.52. The van der Waals surface area contributed by atoms with Crippen molar-refractivity contribution in [1.29, 1.82) is 0 Å². The van der Waals surface area contributed by atoms with E-state index in [0.29, 0.717) is 12.5 Å². The molecule has 0 aromatic carbocycles. The zero-order valence-corrected chi connectivity index (χ0v) is 10.6. The first-order valence-corrected chi connectivity index (χ1v) is 6.66. The van der Waals surface area contributed by atoms with E-state index in [1.807, 2.05) is 0 Å². The average molecular weight is 280 g/mol. The summed E-state index contributed by atoms with van der Waals surface area (Å²) in [4.78, 5) is 5.28. The number of aromatic nitrogens is 1. The zero-order valence-electron chi connectivity index (χ0n) is 9.79. The Morgan fingerprint density at radius 1 is 1.44 bits per heavy atom. The molecule has 1 fully saturated rings. The molecule has 1 aliphatic rings. The fourth-order valence-corrected chi connectivity index (χ4v) is 2.28. The summed E-state index contributed by atoms with van der Waals surface area (Å²) in [5.41, 5.74) is 0. The molecule has 102 valence electrons. The summed E-state index contributed by atoms with van der Waals surface area (Å²) in [7, 11) is 0. The van der Waals surface area contributed by atoms with Gasteiger partial charge in [0.1, 0.15) is 6.61 Å². The van der Waals surface area contributed by atoms with Gasteiger partial charge in [0.15, 0.2) is 0 Å². The number of hydrogen-bond acceptors (Lipinski definition) is 4. The van der Waals surface area contributed by atoms with Gasteiger partial charge in [-0.25, -0.2) is 4.98 Å². The van der Waals surface area contributed by atoms with E-state index in [-0.39, 0.29) is 6.61 Å². The van der Waals surface area contributed by atoms with E-state index >= 15 is 0 Å². The minimum Gasteiger partial charge on any atom is -0.372 e. The zero-order chi connectivity index (χ0) is 13.0. The summed E-state index contributed by atoms with van der Waals surface area (Å²) < 4.78 is 40.0. The molecular weight excluding hydrogens is 265 g/mol. The van der Waals surface area contributed by atoms with Crippen LogP contribution in [-0.4, -0.2) is 30.4 Å². The van der Waals surface area contributed by atoms with Crippen LogP contribution in [0.15, 0.2) is 6.20 Å². The van der Waals surface area contributed by atoms with E-state index in [1.165, 1.54) is 24.2 Å². The quantitative estimate of drug-likeness (QED) is 0.779. The van der Waals surface area contributed by atoms with E-state index < -0.39 is 12.8 Å². The lowest BCUT2D eigenvalue weighted by atomic mass is 10.5. The molecule has 1 aromatic heterocycles. The minimum absolute atomic E-state index is 0.0581. The molecule has 7 heteroatoms. The van der Waals surface area contributed by atoms with Gasteiger partial charge in [-0.1, -0.05) is 0 Å². The van der Waals surface area contributed by atoms with Gasteiger partial charge in [0.05, 0.1) is 11.6 Å². The van der Waals surface area contributed by atoms with Crippen LogP contribution in [0.1, 0.15) is 22.7 Å². The third-order valence-corrected chi connectivity index (χ3v) is 3.53. The Morgan fingerprint density at radius 2 is 2.22 bits per heavy atom. The molecular formula is C11H15F3N2OS. The van der Waals surface area contributed by atoms with Crippen molar-refractivity contribution in [2.75, 3.05) is 13.2 Å². The number of alkyl halides is 3. The second-order valence-corrected chi connectivity index (χ2v) is 5.49. The van der Waals surface area contributed by atoms with Gasteiger partial charge in [0, 0.05) is 30.1 Å². The molecule has 2 rings (SSSR count). The highest BCUT2D eigenvalue weighted by atomic mass is 32.1. The molecule has 1 saturated carbocycles. The lowest BCUT2D eigenvalue weighted by Gasteiger charge is -2.06. The van der Waals surface area contributed by atoms with E-state index in [1.54, 1.807) is 6.20 Å². The van der Waals surface area contributed by atoms with Crippen LogP contribution in [-0.2, 0) is 17.7 Å². The summed E-state index contributed by atoms with van der Waals surface area (Å²) in [5, 5.41) is 4.19. The maximum absolute atomic E-state index is 11.8. The highest BCUT2D eigenvalue weighted by molar-refractivity contribution is 7.11. The lowest BCUT2D eigenvalue weighted by Crippen LogP contribution is -2.17. The summed E-state index contributed by atoms with van der Waals surface area (Å²) >= 11 is 1.53. The number of hydrogen-bond donors (Lipinski definition) is 1. The van der Waals surface area contributed by atoms with Crippen molar-refractivity contribution < 1.29 is 17.9 Å². The number of nitrogens with zero attached hydrogens (tertiary/aromatic N) is 1. The molecule has 0 aliphatic heterocycles. The summed E-state index contributed by atoms with van der Waals surface area (Å²) in [6, 6.07) is 0.644. The Hall–Kier alpha value is -0.660. The van der Waals surface area contributed by atoms with Gasteiger partial charge in [-0.3, -0.25) is 0 Å². The largest absolute Gasteiger partial charge is 0.411 e. The van der Waals surface area contributed by atoms with E-state index in [9.17, 15) is 13.2 Å². The monoisotopic (exact) mass is 280 g/mol. The number of thiazole rings is 1. The molecule has 0 amide bonds. The second-order valence-electron chi connectivity index (χ2n) is 4.29. The maximum Gasteiger partial charge on any atom is 0.411 e. The highest BCUT2D eigenvalue weighted by Gasteiger charge is 2.27. The molecule has 1 aliphatic carbocycles. The lowest BCUT2D eigenvalue weighted by molar-refractivity contribution is -0.173. The van der Waals surface area contributed by atoms with Crippen LogP contribution in [0.4, 0.5) is 13.2 Å². The van der Waals surface area contributed by atoms with Gasteiger partial charge in [-0.2, -0.15) is 13.2 Å². The molecule has 1 N–H and O–H groups in total. The highest BCUT2D eigenvalue weighted by Crippen LogP contribution is 2.21. The van der Waals surface area contributed by atoms with Crippen LogP contribution in [0.5, 0.6) is 0 Å². The van der Waals surface area contributed by atoms with Gasteiger partial charge >= 0.3 is 6.18 Å². The third-order valence-electron chi connectivity index (χ3n) is 2.47. The van der Waals surface area contributed by atoms with Crippen molar-refractivity contribution >= 4 is 11.3 Å². The van der Waals surface area contributed by atoms with Gasteiger partial charge in [-0.15, -0.1) is 11.3 Å². The third kappa shape index (κ3) is 5.32. The molecule has 0 atom stereocenters. The summed E-state index contributed by atoms with van der Waals surface area (Å²) in [5.74, 6) is 0. The van der Waals surface area contributed by atoms with E-state index in [0.717, 1.165) is 16.4 Å². The fraction of sp³-hybridized carbons (Fsp3) is 0.727. The van der Waals surface area contributed by atoms with Gasteiger partial charge < -0.3 is 10.1 Å². The van der Waals surface area contributed by atoms with Gasteiger partial charge in [0.2, 0.25) is 0 Å². The molecule has 3 nitrogen and oxygen atoms in total. The van der Waals surface area contributed by atoms with Gasteiger partial charge in [-0.05, 0) is 12.8 Å². The molecule has 0 spiro atoms. The first kappa shape index (κ1) is 13.8. The van der Waals surface area contributed by atoms with E-state index in [4.69, 9.17) is 0 Å². The van der Waals surface area contributed by atoms with Crippen LogP contribution in [0.3, 0.4) is 0 Å². The van der Waals surface area contributed by atoms with Crippen LogP contribution in [0.25, 0.3) is 0 Å². The molecule has 0 bridgehead atoms. The Labute approximate surface area is 107 Å². The molecule has 18 heavy (non-hydrogen) atoms. The Bertz CT molecular complexity index is 377. The number of rotatable bonds is 7. The smallest absolute Gasteiger partial charge is 0.372 e. The Balaban J connectivity index is 1.63. The van der Waals surface area contributed by atoms with Crippen LogP contribution < -0.4 is 5.32 Å². The second kappa shape index (κ2) is 5.99. The van der Waals surface area contributed by atoms with Crippen LogP contribution in [0, 0.1) is 0 Å². The number of ether oxygens (including phenoxy) is 1. The number of halogens is 3. The first-order chi connectivity index (χ1) is 8.53. The van der Waals surface area contributed by atoms with Crippen molar-refractivity contribution in [2.45, 2.75) is 38.0 Å². The molecule has 0 unspecified atom stereocenters. The van der Waals surface area contributed by atoms with Crippen molar-refractivity contribution in [3.63, 3.8) is 0 Å². The van der Waals surface area contributed by atoms with Crippen molar-refractivity contribution in [1.82, 2.24) is 10.3 Å². The molecule has 0 saturated heterocycles. The predicted molar refractivity (Wildman–Crippen MR) is 62.6 cm³/mol. The fourth-order valence-electron chi connectivity index (χ4n) is 1.43. The minimum atomic E-state index is -4.25. The van der Waals surface area contributed by atoms with Crippen molar-refractivity contribution in [3.8, 4) is 0 Å². The number of nitrogens with one attached hydrogen (secondary N) is 1. The van der Waals surface area contributed by atoms with E-state index in [2.05, 4.69) is 15.0 Å². The Morgan fingerprint density at radius 3 is 2.89 bits per heavy atom. The van der Waals surface area contributed by atoms with Gasteiger partial charge in [0.25, 0.3) is 0 Å². The van der Waals surface area contributed by atoms with Crippen LogP contribution >= 0.6 is 11.3 Å².